The van der Waals surface area contributed by atoms with Crippen molar-refractivity contribution in [2.45, 2.75) is 32.7 Å². The van der Waals surface area contributed by atoms with E-state index in [2.05, 4.69) is 10.5 Å². The minimum absolute atomic E-state index is 0.0974. The number of anilines is 1. The molecule has 1 aromatic heterocycles. The van der Waals surface area contributed by atoms with Crippen LogP contribution in [-0.2, 0) is 25.6 Å². The fourth-order valence-electron chi connectivity index (χ4n) is 2.71. The normalized spacial score (nSPS) is 12.8. The Morgan fingerprint density at radius 1 is 1.29 bits per heavy atom. The van der Waals surface area contributed by atoms with Gasteiger partial charge in [-0.1, -0.05) is 30.3 Å². The minimum Gasteiger partial charge on any atom is -0.368 e. The molecule has 0 bridgehead atoms. The van der Waals surface area contributed by atoms with Crippen molar-refractivity contribution in [2.24, 2.45) is 11.7 Å². The van der Waals surface area contributed by atoms with Gasteiger partial charge in [-0.15, -0.1) is 11.3 Å². The summed E-state index contributed by atoms with van der Waals surface area (Å²) in [5.74, 6) is -1.84. The van der Waals surface area contributed by atoms with Gasteiger partial charge >= 0.3 is 0 Å². The number of rotatable bonds is 10. The molecule has 0 saturated heterocycles. The van der Waals surface area contributed by atoms with E-state index in [1.807, 2.05) is 30.3 Å². The predicted octanol–water partition coefficient (Wildman–Crippen LogP) is 1.67. The number of thiazole rings is 1. The van der Waals surface area contributed by atoms with E-state index in [4.69, 9.17) is 10.6 Å². The highest BCUT2D eigenvalue weighted by atomic mass is 32.1. The van der Waals surface area contributed by atoms with Gasteiger partial charge in [0.05, 0.1) is 18.0 Å². The number of carbonyl (C=O) groups excluding carboxylic acids is 3. The van der Waals surface area contributed by atoms with E-state index in [0.717, 1.165) is 5.56 Å². The summed E-state index contributed by atoms with van der Waals surface area (Å²) in [4.78, 5) is 47.7. The highest BCUT2D eigenvalue weighted by Gasteiger charge is 2.33. The molecule has 0 aliphatic heterocycles. The fraction of sp³-hybridized carbons (Fsp3) is 0.368. The first kappa shape index (κ1) is 21.5. The van der Waals surface area contributed by atoms with Crippen LogP contribution in [0.4, 0.5) is 5.82 Å². The van der Waals surface area contributed by atoms with E-state index in [1.165, 1.54) is 16.2 Å². The zero-order valence-electron chi connectivity index (χ0n) is 15.8. The maximum atomic E-state index is 13.4. The minimum atomic E-state index is -0.900. The Morgan fingerprint density at radius 2 is 2.00 bits per heavy atom. The Balaban J connectivity index is 2.30. The number of aromatic nitrogens is 1. The molecule has 3 amide bonds. The molecule has 28 heavy (non-hydrogen) atoms. The first-order chi connectivity index (χ1) is 13.4. The average molecular weight is 404 g/mol. The van der Waals surface area contributed by atoms with Gasteiger partial charge in [-0.3, -0.25) is 24.1 Å². The number of carbonyl (C=O) groups is 3. The molecule has 0 radical (unpaired) electrons. The smallest absolute Gasteiger partial charge is 0.244 e. The molecule has 1 unspecified atom stereocenters. The molecule has 0 saturated carbocycles. The molecule has 0 aliphatic carbocycles. The van der Waals surface area contributed by atoms with E-state index >= 15 is 0 Å². The number of nitrogens with zero attached hydrogens (tertiary/aromatic N) is 2. The number of nitrogens with two attached hydrogens (primary N) is 1. The summed E-state index contributed by atoms with van der Waals surface area (Å²) in [6.45, 7) is 3.59. The topological polar surface area (TPSA) is 115 Å². The van der Waals surface area contributed by atoms with Gasteiger partial charge in [0.15, 0.2) is 0 Å². The summed E-state index contributed by atoms with van der Waals surface area (Å²) < 4.78 is 0. The van der Waals surface area contributed by atoms with E-state index in [0.29, 0.717) is 18.8 Å². The molecular weight excluding hydrogens is 380 g/mol. The van der Waals surface area contributed by atoms with Crippen LogP contribution in [0.1, 0.15) is 25.8 Å². The molecule has 0 fully saturated rings. The van der Waals surface area contributed by atoms with Gasteiger partial charge < -0.3 is 5.73 Å². The second-order valence-corrected chi connectivity index (χ2v) is 6.90. The standard InChI is InChI=1S/C19H24N4O4S/c1-3-27-22-17(24)10-15(9-14-7-5-4-6-8-14)19(26)23(13(2)18(20)25)16-11-28-12-21-16/h4-8,11-13,15H,3,9-10H2,1-2H3,(H2,20,25)(H,22,24)/t13-,15?/m1/s1. The molecule has 2 atom stereocenters. The molecular formula is C19H24N4O4S. The fourth-order valence-corrected chi connectivity index (χ4v) is 3.24. The lowest BCUT2D eigenvalue weighted by Gasteiger charge is -2.29. The van der Waals surface area contributed by atoms with Gasteiger partial charge in [0.25, 0.3) is 0 Å². The van der Waals surface area contributed by atoms with Gasteiger partial charge in [0, 0.05) is 11.8 Å². The summed E-state index contributed by atoms with van der Waals surface area (Å²) in [6, 6.07) is 8.46. The Kier molecular flexibility index (Phi) is 8.09. The largest absolute Gasteiger partial charge is 0.368 e. The Morgan fingerprint density at radius 3 is 2.57 bits per heavy atom. The molecule has 2 aromatic rings. The monoisotopic (exact) mass is 404 g/mol. The number of hydrogen-bond acceptors (Lipinski definition) is 6. The molecule has 9 heteroatoms. The third-order valence-corrected chi connectivity index (χ3v) is 4.71. The second kappa shape index (κ2) is 10.5. The third-order valence-electron chi connectivity index (χ3n) is 4.14. The summed E-state index contributed by atoms with van der Waals surface area (Å²) in [5, 5.41) is 1.66. The van der Waals surface area contributed by atoms with Crippen LogP contribution >= 0.6 is 11.3 Å². The van der Waals surface area contributed by atoms with Crippen LogP contribution in [0.5, 0.6) is 0 Å². The summed E-state index contributed by atoms with van der Waals surface area (Å²) >= 11 is 1.30. The Hall–Kier alpha value is -2.78. The number of amides is 3. The lowest BCUT2D eigenvalue weighted by atomic mass is 9.93. The highest BCUT2D eigenvalue weighted by molar-refractivity contribution is 7.07. The zero-order valence-corrected chi connectivity index (χ0v) is 16.6. The maximum Gasteiger partial charge on any atom is 0.244 e. The van der Waals surface area contributed by atoms with E-state index < -0.39 is 29.7 Å². The summed E-state index contributed by atoms with van der Waals surface area (Å²) in [7, 11) is 0. The van der Waals surface area contributed by atoms with Crippen LogP contribution in [-0.4, -0.2) is 35.4 Å². The first-order valence-electron chi connectivity index (χ1n) is 8.89. The first-order valence-corrected chi connectivity index (χ1v) is 9.83. The second-order valence-electron chi connectivity index (χ2n) is 6.18. The van der Waals surface area contributed by atoms with Crippen molar-refractivity contribution in [3.05, 3.63) is 46.8 Å². The van der Waals surface area contributed by atoms with Crippen LogP contribution in [0.3, 0.4) is 0 Å². The molecule has 3 N–H and O–H groups in total. The number of primary amides is 1. The van der Waals surface area contributed by atoms with Crippen LogP contribution < -0.4 is 16.1 Å². The molecule has 0 aliphatic rings. The lowest BCUT2D eigenvalue weighted by Crippen LogP contribution is -2.50. The predicted molar refractivity (Wildman–Crippen MR) is 106 cm³/mol. The van der Waals surface area contributed by atoms with Gasteiger partial charge in [0.2, 0.25) is 17.7 Å². The van der Waals surface area contributed by atoms with Crippen molar-refractivity contribution < 1.29 is 19.2 Å². The Bertz CT molecular complexity index is 782. The van der Waals surface area contributed by atoms with E-state index in [-0.39, 0.29) is 6.42 Å². The SMILES string of the molecule is CCONC(=O)CC(Cc1ccccc1)C(=O)N(c1cscn1)[C@H](C)C(N)=O. The number of benzene rings is 1. The maximum absolute atomic E-state index is 13.4. The average Bonchev–Trinajstić information content (AvgIpc) is 3.20. The summed E-state index contributed by atoms with van der Waals surface area (Å²) in [5.41, 5.74) is 10.2. The van der Waals surface area contributed by atoms with Crippen LogP contribution in [0.2, 0.25) is 0 Å². The Labute approximate surface area is 167 Å². The number of hydrogen-bond donors (Lipinski definition) is 2. The van der Waals surface area contributed by atoms with Crippen molar-refractivity contribution >= 4 is 34.9 Å². The van der Waals surface area contributed by atoms with Gasteiger partial charge in [-0.25, -0.2) is 10.5 Å². The highest BCUT2D eigenvalue weighted by Crippen LogP contribution is 2.23. The van der Waals surface area contributed by atoms with Crippen LogP contribution in [0.25, 0.3) is 0 Å². The zero-order chi connectivity index (χ0) is 20.5. The molecule has 150 valence electrons. The van der Waals surface area contributed by atoms with Crippen LogP contribution in [0.15, 0.2) is 41.2 Å². The van der Waals surface area contributed by atoms with Crippen molar-refractivity contribution in [2.75, 3.05) is 11.5 Å². The van der Waals surface area contributed by atoms with E-state index in [1.54, 1.807) is 24.7 Å². The molecule has 8 nitrogen and oxygen atoms in total. The number of nitrogens with one attached hydrogen (secondary N) is 1. The third kappa shape index (κ3) is 5.86. The quantitative estimate of drug-likeness (QED) is 0.585. The summed E-state index contributed by atoms with van der Waals surface area (Å²) in [6.07, 6.45) is 0.227. The van der Waals surface area contributed by atoms with E-state index in [9.17, 15) is 14.4 Å². The van der Waals surface area contributed by atoms with Gasteiger partial charge in [-0.05, 0) is 25.8 Å². The molecule has 1 aromatic carbocycles. The van der Waals surface area contributed by atoms with Gasteiger partial charge in [0.1, 0.15) is 11.9 Å². The molecule has 1 heterocycles. The van der Waals surface area contributed by atoms with Gasteiger partial charge in [-0.2, -0.15) is 0 Å². The van der Waals surface area contributed by atoms with Crippen molar-refractivity contribution in [1.82, 2.24) is 10.5 Å². The molecule has 0 spiro atoms. The number of hydroxylamine groups is 1. The van der Waals surface area contributed by atoms with Crippen molar-refractivity contribution in [1.29, 1.82) is 0 Å². The molecule has 2 rings (SSSR count). The van der Waals surface area contributed by atoms with Crippen molar-refractivity contribution in [3.63, 3.8) is 0 Å². The van der Waals surface area contributed by atoms with Crippen LogP contribution in [0, 0.1) is 5.92 Å². The van der Waals surface area contributed by atoms with Crippen molar-refractivity contribution in [3.8, 4) is 0 Å². The lowest BCUT2D eigenvalue weighted by molar-refractivity contribution is -0.137.